The summed E-state index contributed by atoms with van der Waals surface area (Å²) in [6.07, 6.45) is 0.644. The molecule has 1 amide bonds. The number of nitrogens with zero attached hydrogens (tertiary/aromatic N) is 3. The van der Waals surface area contributed by atoms with Crippen molar-refractivity contribution >= 4 is 23.1 Å². The molecule has 0 fully saturated rings. The van der Waals surface area contributed by atoms with Crippen molar-refractivity contribution in [3.05, 3.63) is 111 Å². The van der Waals surface area contributed by atoms with Crippen molar-refractivity contribution in [3.63, 3.8) is 0 Å². The molecule has 0 atom stereocenters. The highest BCUT2D eigenvalue weighted by atomic mass is 32.1. The van der Waals surface area contributed by atoms with Crippen LogP contribution in [-0.2, 0) is 17.6 Å². The minimum Gasteiger partial charge on any atom is -0.494 e. The van der Waals surface area contributed by atoms with Crippen LogP contribution in [0.15, 0.2) is 83.0 Å². The molecule has 0 spiro atoms. The smallest absolute Gasteiger partial charge is 0.256 e. The summed E-state index contributed by atoms with van der Waals surface area (Å²) >= 11 is 1.54. The summed E-state index contributed by atoms with van der Waals surface area (Å²) in [5, 5.41) is 9.58. The first kappa shape index (κ1) is 25.2. The molecule has 0 saturated carbocycles. The standard InChI is InChI=1S/C29H27N5O3S/c1-3-37-22-13-11-21(12-14-22)17-27(35)31-26-18-24(25-10-7-15-38-25)33-34(26)29-30-19(2)23(28(36)32-29)16-20-8-5-4-6-9-20/h4-15,18H,3,16-17H2,1-2H3,(H,31,35)(H,30,32,36). The van der Waals surface area contributed by atoms with Gasteiger partial charge in [-0.1, -0.05) is 48.5 Å². The summed E-state index contributed by atoms with van der Waals surface area (Å²) in [5.41, 5.74) is 3.50. The maximum Gasteiger partial charge on any atom is 0.256 e. The average molecular weight is 526 g/mol. The number of rotatable bonds is 9. The first-order chi connectivity index (χ1) is 18.5. The van der Waals surface area contributed by atoms with Gasteiger partial charge in [0.05, 0.1) is 23.6 Å². The minimum absolute atomic E-state index is 0.172. The van der Waals surface area contributed by atoms with Gasteiger partial charge in [0.25, 0.3) is 5.56 Å². The lowest BCUT2D eigenvalue weighted by Gasteiger charge is -2.11. The van der Waals surface area contributed by atoms with Crippen molar-refractivity contribution in [2.45, 2.75) is 26.7 Å². The summed E-state index contributed by atoms with van der Waals surface area (Å²) in [6, 6.07) is 22.9. The Kier molecular flexibility index (Phi) is 7.46. The van der Waals surface area contributed by atoms with Gasteiger partial charge in [0, 0.05) is 18.1 Å². The third kappa shape index (κ3) is 5.73. The second kappa shape index (κ2) is 11.3. The number of aromatic nitrogens is 4. The number of anilines is 1. The molecular weight excluding hydrogens is 498 g/mol. The molecule has 5 aromatic rings. The third-order valence-electron chi connectivity index (χ3n) is 5.98. The number of hydrogen-bond donors (Lipinski definition) is 2. The fourth-order valence-electron chi connectivity index (χ4n) is 4.12. The zero-order valence-corrected chi connectivity index (χ0v) is 21.9. The highest BCUT2D eigenvalue weighted by Gasteiger charge is 2.18. The first-order valence-electron chi connectivity index (χ1n) is 12.3. The lowest BCUT2D eigenvalue weighted by atomic mass is 10.1. The molecule has 0 unspecified atom stereocenters. The van der Waals surface area contributed by atoms with Crippen molar-refractivity contribution in [1.29, 1.82) is 0 Å². The Hall–Kier alpha value is -4.50. The van der Waals surface area contributed by atoms with Crippen LogP contribution in [0, 0.1) is 6.92 Å². The maximum absolute atomic E-state index is 13.1. The van der Waals surface area contributed by atoms with Crippen molar-refractivity contribution in [2.75, 3.05) is 11.9 Å². The molecule has 0 saturated heterocycles. The summed E-state index contributed by atoms with van der Waals surface area (Å²) < 4.78 is 6.96. The SMILES string of the molecule is CCOc1ccc(CC(=O)Nc2cc(-c3cccs3)nn2-c2nc(C)c(Cc3ccccc3)c(=O)[nH]2)cc1. The summed E-state index contributed by atoms with van der Waals surface area (Å²) in [5.74, 6) is 1.20. The van der Waals surface area contributed by atoms with Gasteiger partial charge in [0.2, 0.25) is 11.9 Å². The minimum atomic E-state index is -0.240. The molecule has 5 rings (SSSR count). The number of carbonyl (C=O) groups is 1. The van der Waals surface area contributed by atoms with E-state index in [1.54, 1.807) is 6.07 Å². The second-order valence-corrected chi connectivity index (χ2v) is 9.67. The van der Waals surface area contributed by atoms with Crippen molar-refractivity contribution in [3.8, 4) is 22.3 Å². The van der Waals surface area contributed by atoms with Crippen LogP contribution in [0.4, 0.5) is 5.82 Å². The quantitative estimate of drug-likeness (QED) is 0.277. The number of ether oxygens (including phenoxy) is 1. The lowest BCUT2D eigenvalue weighted by Crippen LogP contribution is -2.22. The van der Waals surface area contributed by atoms with Crippen LogP contribution < -0.4 is 15.6 Å². The monoisotopic (exact) mass is 525 g/mol. The molecule has 38 heavy (non-hydrogen) atoms. The van der Waals surface area contributed by atoms with Crippen molar-refractivity contribution in [1.82, 2.24) is 19.7 Å². The number of H-pyrrole nitrogens is 1. The molecule has 2 aromatic carbocycles. The summed E-state index contributed by atoms with van der Waals surface area (Å²) in [7, 11) is 0. The number of aromatic amines is 1. The Morgan fingerprint density at radius 3 is 2.53 bits per heavy atom. The van der Waals surface area contributed by atoms with E-state index in [1.807, 2.05) is 86.0 Å². The van der Waals surface area contributed by atoms with Crippen LogP contribution in [0.25, 0.3) is 16.5 Å². The number of carbonyl (C=O) groups excluding carboxylic acids is 1. The molecule has 0 aliphatic rings. The van der Waals surface area contributed by atoms with Gasteiger partial charge >= 0.3 is 0 Å². The molecule has 0 radical (unpaired) electrons. The van der Waals surface area contributed by atoms with Crippen molar-refractivity contribution < 1.29 is 9.53 Å². The largest absolute Gasteiger partial charge is 0.494 e. The van der Waals surface area contributed by atoms with Gasteiger partial charge in [-0.3, -0.25) is 14.6 Å². The summed E-state index contributed by atoms with van der Waals surface area (Å²) in [6.45, 7) is 4.32. The normalized spacial score (nSPS) is 10.9. The van der Waals surface area contributed by atoms with Crippen LogP contribution >= 0.6 is 11.3 Å². The molecule has 192 valence electrons. The number of nitrogens with one attached hydrogen (secondary N) is 2. The van der Waals surface area contributed by atoms with Gasteiger partial charge < -0.3 is 10.1 Å². The highest BCUT2D eigenvalue weighted by molar-refractivity contribution is 7.13. The number of hydrogen-bond acceptors (Lipinski definition) is 6. The van der Waals surface area contributed by atoms with Crippen LogP contribution in [0.5, 0.6) is 5.75 Å². The molecule has 3 aromatic heterocycles. The lowest BCUT2D eigenvalue weighted by molar-refractivity contribution is -0.115. The average Bonchev–Trinajstić information content (AvgIpc) is 3.59. The van der Waals surface area contributed by atoms with Gasteiger partial charge in [-0.15, -0.1) is 11.3 Å². The van der Waals surface area contributed by atoms with Crippen molar-refractivity contribution in [2.24, 2.45) is 0 Å². The maximum atomic E-state index is 13.1. The number of aryl methyl sites for hydroxylation is 1. The fourth-order valence-corrected chi connectivity index (χ4v) is 4.80. The Balaban J connectivity index is 1.44. The molecule has 8 nitrogen and oxygen atoms in total. The van der Waals surface area contributed by atoms with Gasteiger partial charge in [-0.25, -0.2) is 4.98 Å². The van der Waals surface area contributed by atoms with E-state index in [1.165, 1.54) is 16.0 Å². The van der Waals surface area contributed by atoms with E-state index >= 15 is 0 Å². The van der Waals surface area contributed by atoms with E-state index in [-0.39, 0.29) is 23.8 Å². The molecule has 0 aliphatic heterocycles. The molecule has 2 N–H and O–H groups in total. The van der Waals surface area contributed by atoms with Gasteiger partial charge in [-0.05, 0) is 48.6 Å². The Bertz CT molecular complexity index is 1590. The van der Waals surface area contributed by atoms with E-state index < -0.39 is 0 Å². The number of thiophene rings is 1. The topological polar surface area (TPSA) is 102 Å². The van der Waals surface area contributed by atoms with E-state index in [4.69, 9.17) is 4.74 Å². The fraction of sp³-hybridized carbons (Fsp3) is 0.172. The Labute approximate surface area is 224 Å². The van der Waals surface area contributed by atoms with E-state index in [0.717, 1.165) is 21.8 Å². The second-order valence-electron chi connectivity index (χ2n) is 8.72. The third-order valence-corrected chi connectivity index (χ3v) is 6.88. The zero-order chi connectivity index (χ0) is 26.5. The highest BCUT2D eigenvalue weighted by Crippen LogP contribution is 2.27. The predicted octanol–water partition coefficient (Wildman–Crippen LogP) is 5.16. The Morgan fingerprint density at radius 2 is 1.84 bits per heavy atom. The number of benzene rings is 2. The first-order valence-corrected chi connectivity index (χ1v) is 13.2. The summed E-state index contributed by atoms with van der Waals surface area (Å²) in [4.78, 5) is 34.5. The van der Waals surface area contributed by atoms with Crippen LogP contribution in [0.1, 0.15) is 29.3 Å². The molecule has 0 aliphatic carbocycles. The molecule has 0 bridgehead atoms. The van der Waals surface area contributed by atoms with Crippen LogP contribution in [0.3, 0.4) is 0 Å². The van der Waals surface area contributed by atoms with Gasteiger partial charge in [0.15, 0.2) is 0 Å². The van der Waals surface area contributed by atoms with E-state index in [0.29, 0.717) is 35.8 Å². The molecular formula is C29H27N5O3S. The molecule has 9 heteroatoms. The Morgan fingerprint density at radius 1 is 1.05 bits per heavy atom. The van der Waals surface area contributed by atoms with E-state index in [9.17, 15) is 9.59 Å². The van der Waals surface area contributed by atoms with Gasteiger partial charge in [-0.2, -0.15) is 9.78 Å². The van der Waals surface area contributed by atoms with E-state index in [2.05, 4.69) is 20.4 Å². The number of amides is 1. The molecule has 3 heterocycles. The van der Waals surface area contributed by atoms with Crippen LogP contribution in [0.2, 0.25) is 0 Å². The van der Waals surface area contributed by atoms with Crippen LogP contribution in [-0.4, -0.2) is 32.3 Å². The zero-order valence-electron chi connectivity index (χ0n) is 21.1. The van der Waals surface area contributed by atoms with Gasteiger partial charge in [0.1, 0.15) is 17.3 Å². The predicted molar refractivity (Wildman–Crippen MR) is 149 cm³/mol.